The summed E-state index contributed by atoms with van der Waals surface area (Å²) in [5.74, 6) is 1.16. The Hall–Kier alpha value is -1.75. The Bertz CT molecular complexity index is 507. The van der Waals surface area contributed by atoms with Gasteiger partial charge in [0.25, 0.3) is 0 Å². The summed E-state index contributed by atoms with van der Waals surface area (Å²) in [4.78, 5) is 19.1. The smallest absolute Gasteiger partial charge is 0.236 e. The predicted octanol–water partition coefficient (Wildman–Crippen LogP) is 2.47. The summed E-state index contributed by atoms with van der Waals surface area (Å²) in [7, 11) is 1.70. The Balaban J connectivity index is 1.88. The van der Waals surface area contributed by atoms with Crippen molar-refractivity contribution in [3.8, 4) is 5.75 Å². The lowest BCUT2D eigenvalue weighted by atomic mass is 10.2. The van der Waals surface area contributed by atoms with E-state index in [2.05, 4.69) is 29.7 Å². The number of para-hydroxylation sites is 2. The number of carbonyl (C=O) groups is 1. The van der Waals surface area contributed by atoms with Gasteiger partial charge in [-0.3, -0.25) is 9.69 Å². The van der Waals surface area contributed by atoms with Crippen molar-refractivity contribution >= 4 is 11.6 Å². The Labute approximate surface area is 146 Å². The largest absolute Gasteiger partial charge is 0.495 e. The monoisotopic (exact) mass is 333 g/mol. The number of carbonyl (C=O) groups excluding carboxylic acids is 1. The van der Waals surface area contributed by atoms with Crippen molar-refractivity contribution in [1.29, 1.82) is 0 Å². The first kappa shape index (κ1) is 18.6. The molecule has 1 saturated heterocycles. The molecule has 1 heterocycles. The lowest BCUT2D eigenvalue weighted by Crippen LogP contribution is -2.51. The number of amides is 1. The fraction of sp³-hybridized carbons (Fsp3) is 0.632. The zero-order chi connectivity index (χ0) is 17.4. The molecule has 5 heteroatoms. The summed E-state index contributed by atoms with van der Waals surface area (Å²) < 4.78 is 5.45. The number of benzene rings is 1. The summed E-state index contributed by atoms with van der Waals surface area (Å²) in [5, 5.41) is 0. The van der Waals surface area contributed by atoms with Crippen LogP contribution in [0.4, 0.5) is 5.69 Å². The molecule has 0 N–H and O–H groups in total. The lowest BCUT2D eigenvalue weighted by molar-refractivity contribution is -0.132. The molecule has 0 bridgehead atoms. The zero-order valence-electron chi connectivity index (χ0n) is 15.3. The Morgan fingerprint density at radius 2 is 1.71 bits per heavy atom. The van der Waals surface area contributed by atoms with Gasteiger partial charge in [-0.15, -0.1) is 0 Å². The van der Waals surface area contributed by atoms with Crippen molar-refractivity contribution in [3.05, 3.63) is 24.3 Å². The molecule has 1 aliphatic rings. The molecule has 0 unspecified atom stereocenters. The first-order chi connectivity index (χ1) is 11.7. The van der Waals surface area contributed by atoms with Gasteiger partial charge < -0.3 is 14.5 Å². The molecule has 5 nitrogen and oxygen atoms in total. The molecule has 0 spiro atoms. The van der Waals surface area contributed by atoms with Crippen LogP contribution in [0, 0.1) is 0 Å². The second-order valence-corrected chi connectivity index (χ2v) is 6.32. The highest BCUT2D eigenvalue weighted by atomic mass is 16.5. The van der Waals surface area contributed by atoms with Crippen molar-refractivity contribution in [2.75, 3.05) is 57.8 Å². The van der Waals surface area contributed by atoms with E-state index in [4.69, 9.17) is 4.74 Å². The summed E-state index contributed by atoms with van der Waals surface area (Å²) in [6.07, 6.45) is 2.18. The zero-order valence-corrected chi connectivity index (χ0v) is 15.3. The molecule has 1 aliphatic heterocycles. The SMILES string of the molecule is CCCN(CCC)CC(=O)N1CCN(c2ccccc2OC)CC1. The van der Waals surface area contributed by atoms with Gasteiger partial charge in [-0.25, -0.2) is 0 Å². The van der Waals surface area contributed by atoms with Gasteiger partial charge >= 0.3 is 0 Å². The van der Waals surface area contributed by atoms with Crippen LogP contribution in [0.1, 0.15) is 26.7 Å². The van der Waals surface area contributed by atoms with E-state index in [1.807, 2.05) is 23.1 Å². The number of ether oxygens (including phenoxy) is 1. The standard InChI is InChI=1S/C19H31N3O2/c1-4-10-20(11-5-2)16-19(23)22-14-12-21(13-15-22)17-8-6-7-9-18(17)24-3/h6-9H,4-5,10-16H2,1-3H3. The minimum atomic E-state index is 0.261. The number of methoxy groups -OCH3 is 1. The van der Waals surface area contributed by atoms with E-state index in [1.54, 1.807) is 7.11 Å². The van der Waals surface area contributed by atoms with E-state index >= 15 is 0 Å². The van der Waals surface area contributed by atoms with E-state index in [-0.39, 0.29) is 5.91 Å². The highest BCUT2D eigenvalue weighted by Crippen LogP contribution is 2.28. The van der Waals surface area contributed by atoms with Crippen LogP contribution in [0.2, 0.25) is 0 Å². The van der Waals surface area contributed by atoms with E-state index < -0.39 is 0 Å². The Kier molecular flexibility index (Phi) is 7.37. The highest BCUT2D eigenvalue weighted by Gasteiger charge is 2.23. The van der Waals surface area contributed by atoms with Gasteiger partial charge in [-0.05, 0) is 38.1 Å². The average Bonchev–Trinajstić information content (AvgIpc) is 2.62. The number of rotatable bonds is 8. The molecule has 0 atom stereocenters. The van der Waals surface area contributed by atoms with Crippen molar-refractivity contribution in [1.82, 2.24) is 9.80 Å². The predicted molar refractivity (Wildman–Crippen MR) is 98.8 cm³/mol. The van der Waals surface area contributed by atoms with Crippen LogP contribution in [0.15, 0.2) is 24.3 Å². The third kappa shape index (κ3) is 4.87. The third-order valence-corrected chi connectivity index (χ3v) is 4.50. The molecule has 0 saturated carbocycles. The summed E-state index contributed by atoms with van der Waals surface area (Å²) in [5.41, 5.74) is 1.12. The number of piperazine rings is 1. The maximum atomic E-state index is 12.6. The molecule has 2 rings (SSSR count). The minimum absolute atomic E-state index is 0.261. The van der Waals surface area contributed by atoms with Crippen LogP contribution in [-0.4, -0.2) is 68.6 Å². The van der Waals surface area contributed by atoms with Crippen LogP contribution in [-0.2, 0) is 4.79 Å². The second kappa shape index (κ2) is 9.52. The summed E-state index contributed by atoms with van der Waals surface area (Å²) in [6, 6.07) is 8.09. The highest BCUT2D eigenvalue weighted by molar-refractivity contribution is 5.78. The maximum Gasteiger partial charge on any atom is 0.236 e. The first-order valence-electron chi connectivity index (χ1n) is 9.07. The lowest BCUT2D eigenvalue weighted by Gasteiger charge is -2.37. The van der Waals surface area contributed by atoms with Crippen LogP contribution < -0.4 is 9.64 Å². The molecule has 1 aromatic rings. The summed E-state index contributed by atoms with van der Waals surface area (Å²) in [6.45, 7) is 10.2. The van der Waals surface area contributed by atoms with Crippen LogP contribution >= 0.6 is 0 Å². The quantitative estimate of drug-likeness (QED) is 0.732. The van der Waals surface area contributed by atoms with E-state index in [0.29, 0.717) is 6.54 Å². The summed E-state index contributed by atoms with van der Waals surface area (Å²) >= 11 is 0. The van der Waals surface area contributed by atoms with Crippen molar-refractivity contribution in [2.45, 2.75) is 26.7 Å². The van der Waals surface area contributed by atoms with Crippen LogP contribution in [0.5, 0.6) is 5.75 Å². The average molecular weight is 333 g/mol. The molecule has 0 aromatic heterocycles. The Morgan fingerprint density at radius 1 is 1.08 bits per heavy atom. The van der Waals surface area contributed by atoms with Gasteiger partial charge in [0.1, 0.15) is 5.75 Å². The van der Waals surface area contributed by atoms with Gasteiger partial charge in [0.2, 0.25) is 5.91 Å². The van der Waals surface area contributed by atoms with Gasteiger partial charge in [0.15, 0.2) is 0 Å². The minimum Gasteiger partial charge on any atom is -0.495 e. The van der Waals surface area contributed by atoms with E-state index in [9.17, 15) is 4.79 Å². The molecule has 0 radical (unpaired) electrons. The van der Waals surface area contributed by atoms with Crippen LogP contribution in [0.25, 0.3) is 0 Å². The molecule has 1 aromatic carbocycles. The molecule has 134 valence electrons. The van der Waals surface area contributed by atoms with Crippen LogP contribution in [0.3, 0.4) is 0 Å². The second-order valence-electron chi connectivity index (χ2n) is 6.32. The van der Waals surface area contributed by atoms with E-state index in [1.165, 1.54) is 0 Å². The third-order valence-electron chi connectivity index (χ3n) is 4.50. The Morgan fingerprint density at radius 3 is 2.29 bits per heavy atom. The number of hydrogen-bond acceptors (Lipinski definition) is 4. The maximum absolute atomic E-state index is 12.6. The molecule has 1 fully saturated rings. The topological polar surface area (TPSA) is 36.0 Å². The number of anilines is 1. The fourth-order valence-electron chi connectivity index (χ4n) is 3.28. The van der Waals surface area contributed by atoms with E-state index in [0.717, 1.165) is 63.5 Å². The fourth-order valence-corrected chi connectivity index (χ4v) is 3.28. The first-order valence-corrected chi connectivity index (χ1v) is 9.07. The van der Waals surface area contributed by atoms with Gasteiger partial charge in [0, 0.05) is 26.2 Å². The van der Waals surface area contributed by atoms with Gasteiger partial charge in [-0.1, -0.05) is 26.0 Å². The van der Waals surface area contributed by atoms with Crippen molar-refractivity contribution < 1.29 is 9.53 Å². The van der Waals surface area contributed by atoms with Crippen molar-refractivity contribution in [3.63, 3.8) is 0 Å². The number of nitrogens with zero attached hydrogens (tertiary/aromatic N) is 3. The molecule has 0 aliphatic carbocycles. The molecular formula is C19H31N3O2. The molecular weight excluding hydrogens is 302 g/mol. The van der Waals surface area contributed by atoms with Gasteiger partial charge in [0.05, 0.1) is 19.3 Å². The van der Waals surface area contributed by atoms with Gasteiger partial charge in [-0.2, -0.15) is 0 Å². The van der Waals surface area contributed by atoms with Crippen molar-refractivity contribution in [2.24, 2.45) is 0 Å². The number of hydrogen-bond donors (Lipinski definition) is 0. The normalized spacial score (nSPS) is 15.0. The molecule has 24 heavy (non-hydrogen) atoms. The molecule has 1 amide bonds.